The van der Waals surface area contributed by atoms with E-state index in [1.165, 1.54) is 0 Å². The van der Waals surface area contributed by atoms with Crippen LogP contribution in [-0.2, 0) is 0 Å². The van der Waals surface area contributed by atoms with E-state index in [-0.39, 0.29) is 11.1 Å². The number of aromatic nitrogens is 2. The number of halogens is 3. The van der Waals surface area contributed by atoms with Gasteiger partial charge in [0.25, 0.3) is 0 Å². The average molecular weight is 350 g/mol. The molecule has 0 saturated carbocycles. The van der Waals surface area contributed by atoms with Crippen LogP contribution >= 0.6 is 34.2 Å². The molecular weight excluding hydrogens is 343 g/mol. The lowest BCUT2D eigenvalue weighted by Crippen LogP contribution is -2.00. The van der Waals surface area contributed by atoms with Crippen LogP contribution in [0.25, 0.3) is 0 Å². The molecule has 0 fully saturated rings. The van der Waals surface area contributed by atoms with E-state index in [1.54, 1.807) is 0 Å². The van der Waals surface area contributed by atoms with Gasteiger partial charge in [-0.3, -0.25) is 0 Å². The Morgan fingerprint density at radius 1 is 1.31 bits per heavy atom. The van der Waals surface area contributed by atoms with Crippen molar-refractivity contribution in [2.24, 2.45) is 0 Å². The minimum absolute atomic E-state index is 0.00911. The standard InChI is InChI=1S/C10H6ClFIN3/c11-10-14-5-6(12)9(16-10)15-8-4-2-1-3-7(8)13/h1-5H,(H,14,15,16). The van der Waals surface area contributed by atoms with E-state index < -0.39 is 5.82 Å². The van der Waals surface area contributed by atoms with Gasteiger partial charge in [-0.25, -0.2) is 9.37 Å². The summed E-state index contributed by atoms with van der Waals surface area (Å²) in [5.74, 6) is -0.465. The van der Waals surface area contributed by atoms with E-state index in [1.807, 2.05) is 24.3 Å². The van der Waals surface area contributed by atoms with Crippen molar-refractivity contribution in [3.05, 3.63) is 45.1 Å². The molecule has 1 N–H and O–H groups in total. The molecule has 2 aromatic rings. The molecule has 16 heavy (non-hydrogen) atoms. The minimum atomic E-state index is -0.538. The lowest BCUT2D eigenvalue weighted by Gasteiger charge is -2.07. The van der Waals surface area contributed by atoms with Crippen LogP contribution in [0.5, 0.6) is 0 Å². The Kier molecular flexibility index (Phi) is 3.55. The van der Waals surface area contributed by atoms with E-state index in [4.69, 9.17) is 11.6 Å². The van der Waals surface area contributed by atoms with Gasteiger partial charge in [0.15, 0.2) is 11.6 Å². The molecule has 0 aliphatic rings. The SMILES string of the molecule is Fc1cnc(Cl)nc1Nc1ccccc1I. The summed E-state index contributed by atoms with van der Waals surface area (Å²) in [5.41, 5.74) is 0.775. The molecule has 0 amide bonds. The maximum atomic E-state index is 13.3. The van der Waals surface area contributed by atoms with E-state index in [0.717, 1.165) is 15.5 Å². The molecule has 0 atom stereocenters. The van der Waals surface area contributed by atoms with Crippen LogP contribution in [0.4, 0.5) is 15.9 Å². The van der Waals surface area contributed by atoms with Crippen molar-refractivity contribution in [2.75, 3.05) is 5.32 Å². The maximum absolute atomic E-state index is 13.3. The molecule has 3 nitrogen and oxygen atoms in total. The first-order chi connectivity index (χ1) is 7.66. The van der Waals surface area contributed by atoms with Crippen LogP contribution < -0.4 is 5.32 Å². The Morgan fingerprint density at radius 3 is 2.81 bits per heavy atom. The lowest BCUT2D eigenvalue weighted by molar-refractivity contribution is 0.619. The molecule has 2 rings (SSSR count). The van der Waals surface area contributed by atoms with Crippen LogP contribution in [0.15, 0.2) is 30.5 Å². The number of benzene rings is 1. The molecule has 1 heterocycles. The quantitative estimate of drug-likeness (QED) is 0.665. The van der Waals surface area contributed by atoms with Gasteiger partial charge in [-0.15, -0.1) is 0 Å². The second-order valence-electron chi connectivity index (χ2n) is 2.94. The fraction of sp³-hybridized carbons (Fsp3) is 0. The molecule has 0 spiro atoms. The minimum Gasteiger partial charge on any atom is -0.337 e. The third-order valence-corrected chi connectivity index (χ3v) is 2.96. The van der Waals surface area contributed by atoms with Crippen molar-refractivity contribution in [3.8, 4) is 0 Å². The summed E-state index contributed by atoms with van der Waals surface area (Å²) >= 11 is 7.74. The predicted octanol–water partition coefficient (Wildman–Crippen LogP) is 3.62. The first-order valence-electron chi connectivity index (χ1n) is 4.36. The van der Waals surface area contributed by atoms with Gasteiger partial charge in [0, 0.05) is 3.57 Å². The first-order valence-corrected chi connectivity index (χ1v) is 5.82. The maximum Gasteiger partial charge on any atom is 0.224 e. The van der Waals surface area contributed by atoms with Gasteiger partial charge in [-0.1, -0.05) is 12.1 Å². The predicted molar refractivity (Wildman–Crippen MR) is 69.4 cm³/mol. The third-order valence-electron chi connectivity index (χ3n) is 1.84. The summed E-state index contributed by atoms with van der Waals surface area (Å²) in [7, 11) is 0. The number of anilines is 2. The summed E-state index contributed by atoms with van der Waals surface area (Å²) in [6.07, 6.45) is 1.04. The van der Waals surface area contributed by atoms with E-state index in [2.05, 4.69) is 37.9 Å². The number of hydrogen-bond acceptors (Lipinski definition) is 3. The molecular formula is C10H6ClFIN3. The van der Waals surface area contributed by atoms with Crippen molar-refractivity contribution in [2.45, 2.75) is 0 Å². The van der Waals surface area contributed by atoms with Crippen molar-refractivity contribution >= 4 is 45.7 Å². The Bertz CT molecular complexity index is 521. The summed E-state index contributed by atoms with van der Waals surface area (Å²) in [6.45, 7) is 0. The van der Waals surface area contributed by atoms with Gasteiger partial charge < -0.3 is 5.32 Å². The van der Waals surface area contributed by atoms with Crippen molar-refractivity contribution < 1.29 is 4.39 Å². The van der Waals surface area contributed by atoms with Crippen molar-refractivity contribution in [3.63, 3.8) is 0 Å². The van der Waals surface area contributed by atoms with Gasteiger partial charge >= 0.3 is 0 Å². The number of rotatable bonds is 2. The molecule has 0 saturated heterocycles. The van der Waals surface area contributed by atoms with E-state index >= 15 is 0 Å². The average Bonchev–Trinajstić information content (AvgIpc) is 2.27. The number of para-hydroxylation sites is 1. The van der Waals surface area contributed by atoms with Crippen molar-refractivity contribution in [1.29, 1.82) is 0 Å². The normalized spacial score (nSPS) is 10.2. The molecule has 1 aromatic heterocycles. The third kappa shape index (κ3) is 2.59. The summed E-state index contributed by atoms with van der Waals surface area (Å²) < 4.78 is 14.3. The zero-order chi connectivity index (χ0) is 11.5. The van der Waals surface area contributed by atoms with Gasteiger partial charge in [0.2, 0.25) is 5.28 Å². The first kappa shape index (κ1) is 11.5. The Morgan fingerprint density at radius 2 is 2.06 bits per heavy atom. The van der Waals surface area contributed by atoms with E-state index in [9.17, 15) is 4.39 Å². The van der Waals surface area contributed by atoms with Gasteiger partial charge in [0.1, 0.15) is 0 Å². The molecule has 0 unspecified atom stereocenters. The summed E-state index contributed by atoms with van der Waals surface area (Å²) in [4.78, 5) is 7.31. The van der Waals surface area contributed by atoms with Crippen LogP contribution in [-0.4, -0.2) is 9.97 Å². The molecule has 0 aliphatic heterocycles. The summed E-state index contributed by atoms with van der Waals surface area (Å²) in [5, 5.41) is 2.87. The Hall–Kier alpha value is -0.950. The zero-order valence-electron chi connectivity index (χ0n) is 7.92. The highest BCUT2D eigenvalue weighted by Gasteiger charge is 2.07. The van der Waals surface area contributed by atoms with Crippen LogP contribution in [0.2, 0.25) is 5.28 Å². The lowest BCUT2D eigenvalue weighted by atomic mass is 10.3. The topological polar surface area (TPSA) is 37.8 Å². The molecule has 82 valence electrons. The van der Waals surface area contributed by atoms with Gasteiger partial charge in [-0.05, 0) is 46.3 Å². The summed E-state index contributed by atoms with van der Waals surface area (Å²) in [6, 6.07) is 7.49. The fourth-order valence-electron chi connectivity index (χ4n) is 1.12. The van der Waals surface area contributed by atoms with Crippen molar-refractivity contribution in [1.82, 2.24) is 9.97 Å². The Labute approximate surface area is 110 Å². The van der Waals surface area contributed by atoms with Gasteiger partial charge in [0.05, 0.1) is 11.9 Å². The highest BCUT2D eigenvalue weighted by atomic mass is 127. The number of nitrogens with zero attached hydrogens (tertiary/aromatic N) is 2. The van der Waals surface area contributed by atoms with Crippen LogP contribution in [0.3, 0.4) is 0 Å². The van der Waals surface area contributed by atoms with Gasteiger partial charge in [-0.2, -0.15) is 4.98 Å². The second-order valence-corrected chi connectivity index (χ2v) is 4.44. The number of hydrogen-bond donors (Lipinski definition) is 1. The molecule has 0 bridgehead atoms. The monoisotopic (exact) mass is 349 g/mol. The van der Waals surface area contributed by atoms with Crippen LogP contribution in [0.1, 0.15) is 0 Å². The van der Waals surface area contributed by atoms with Crippen LogP contribution in [0, 0.1) is 9.39 Å². The fourth-order valence-corrected chi connectivity index (χ4v) is 1.78. The highest BCUT2D eigenvalue weighted by Crippen LogP contribution is 2.22. The molecule has 0 aliphatic carbocycles. The molecule has 6 heteroatoms. The molecule has 0 radical (unpaired) electrons. The largest absolute Gasteiger partial charge is 0.337 e. The second kappa shape index (κ2) is 4.92. The van der Waals surface area contributed by atoms with E-state index in [0.29, 0.717) is 0 Å². The molecule has 1 aromatic carbocycles. The number of nitrogens with one attached hydrogen (secondary N) is 1. The Balaban J connectivity index is 2.34. The zero-order valence-corrected chi connectivity index (χ0v) is 10.8. The highest BCUT2D eigenvalue weighted by molar-refractivity contribution is 14.1. The smallest absolute Gasteiger partial charge is 0.224 e.